The highest BCUT2D eigenvalue weighted by molar-refractivity contribution is 5.35. The van der Waals surface area contributed by atoms with Gasteiger partial charge in [0, 0.05) is 12.6 Å². The Bertz CT molecular complexity index is 316. The summed E-state index contributed by atoms with van der Waals surface area (Å²) in [6, 6.07) is 4.68. The first-order valence-electron chi connectivity index (χ1n) is 6.04. The average molecular weight is 220 g/mol. The first-order valence-corrected chi connectivity index (χ1v) is 6.04. The number of hydrogen-bond donors (Lipinski definition) is 2. The van der Waals surface area contributed by atoms with Crippen LogP contribution in [0.2, 0.25) is 0 Å². The van der Waals surface area contributed by atoms with Crippen LogP contribution in [0, 0.1) is 5.92 Å². The fraction of sp³-hybridized carbons (Fsp3) is 0.667. The van der Waals surface area contributed by atoms with Crippen LogP contribution in [0.3, 0.4) is 0 Å². The summed E-state index contributed by atoms with van der Waals surface area (Å²) < 4.78 is 0. The van der Waals surface area contributed by atoms with Crippen molar-refractivity contribution in [2.45, 2.75) is 39.3 Å². The average Bonchev–Trinajstić information content (AvgIpc) is 3.04. The van der Waals surface area contributed by atoms with Crippen LogP contribution in [-0.4, -0.2) is 22.8 Å². The highest BCUT2D eigenvalue weighted by Crippen LogP contribution is 2.23. The first kappa shape index (κ1) is 11.3. The van der Waals surface area contributed by atoms with E-state index < -0.39 is 0 Å². The van der Waals surface area contributed by atoms with E-state index in [1.54, 1.807) is 0 Å². The van der Waals surface area contributed by atoms with Crippen molar-refractivity contribution in [3.8, 4) is 0 Å². The Morgan fingerprint density at radius 2 is 2.12 bits per heavy atom. The summed E-state index contributed by atoms with van der Waals surface area (Å²) in [4.78, 5) is 0. The molecule has 1 aliphatic carbocycles. The van der Waals surface area contributed by atoms with Crippen LogP contribution >= 0.6 is 0 Å². The van der Waals surface area contributed by atoms with Gasteiger partial charge in [-0.2, -0.15) is 5.10 Å². The fourth-order valence-electron chi connectivity index (χ4n) is 1.46. The minimum atomic E-state index is 0.638. The summed E-state index contributed by atoms with van der Waals surface area (Å²) in [5, 5.41) is 15.0. The number of nitrogens with zero attached hydrogens (tertiary/aromatic N) is 2. The zero-order chi connectivity index (χ0) is 11.4. The predicted octanol–water partition coefficient (Wildman–Crippen LogP) is 1.80. The third-order valence-electron chi connectivity index (χ3n) is 2.51. The molecule has 0 radical (unpaired) electrons. The van der Waals surface area contributed by atoms with E-state index in [9.17, 15) is 0 Å². The van der Waals surface area contributed by atoms with Gasteiger partial charge in [-0.1, -0.05) is 13.8 Å². The standard InChI is InChI=1S/C12H20N4/c1-9(2)7-13-8-11-5-6-12(16-15-11)14-10-3-4-10/h5-6,9-10,13H,3-4,7-8H2,1-2H3,(H,14,16). The van der Waals surface area contributed by atoms with Gasteiger partial charge in [-0.15, -0.1) is 5.10 Å². The molecule has 1 aromatic rings. The number of aromatic nitrogens is 2. The predicted molar refractivity (Wildman–Crippen MR) is 65.2 cm³/mol. The normalized spacial score (nSPS) is 15.4. The van der Waals surface area contributed by atoms with Crippen LogP contribution in [0.1, 0.15) is 32.4 Å². The van der Waals surface area contributed by atoms with Gasteiger partial charge in [-0.25, -0.2) is 0 Å². The van der Waals surface area contributed by atoms with Crippen molar-refractivity contribution in [3.63, 3.8) is 0 Å². The molecule has 1 saturated carbocycles. The molecule has 2 rings (SSSR count). The van der Waals surface area contributed by atoms with Crippen molar-refractivity contribution in [1.82, 2.24) is 15.5 Å². The van der Waals surface area contributed by atoms with Gasteiger partial charge in [0.1, 0.15) is 5.82 Å². The molecule has 1 aliphatic rings. The molecule has 4 nitrogen and oxygen atoms in total. The molecular formula is C12H20N4. The van der Waals surface area contributed by atoms with E-state index in [1.807, 2.05) is 12.1 Å². The molecule has 1 heterocycles. The van der Waals surface area contributed by atoms with Crippen LogP contribution in [-0.2, 0) is 6.54 Å². The van der Waals surface area contributed by atoms with E-state index in [0.29, 0.717) is 12.0 Å². The number of hydrogen-bond acceptors (Lipinski definition) is 4. The maximum Gasteiger partial charge on any atom is 0.148 e. The van der Waals surface area contributed by atoms with Crippen LogP contribution in [0.15, 0.2) is 12.1 Å². The third-order valence-corrected chi connectivity index (χ3v) is 2.51. The van der Waals surface area contributed by atoms with Crippen LogP contribution in [0.4, 0.5) is 5.82 Å². The van der Waals surface area contributed by atoms with E-state index in [0.717, 1.165) is 24.6 Å². The maximum absolute atomic E-state index is 4.18. The summed E-state index contributed by atoms with van der Waals surface area (Å²) in [5.41, 5.74) is 1.00. The van der Waals surface area contributed by atoms with Crippen molar-refractivity contribution in [3.05, 3.63) is 17.8 Å². The smallest absolute Gasteiger partial charge is 0.148 e. The summed E-state index contributed by atoms with van der Waals surface area (Å²) in [5.74, 6) is 1.57. The van der Waals surface area contributed by atoms with E-state index >= 15 is 0 Å². The Labute approximate surface area is 96.9 Å². The van der Waals surface area contributed by atoms with Crippen molar-refractivity contribution >= 4 is 5.82 Å². The fourth-order valence-corrected chi connectivity index (χ4v) is 1.46. The lowest BCUT2D eigenvalue weighted by molar-refractivity contribution is 0.546. The van der Waals surface area contributed by atoms with E-state index in [2.05, 4.69) is 34.7 Å². The Balaban J connectivity index is 1.77. The van der Waals surface area contributed by atoms with Crippen LogP contribution in [0.5, 0.6) is 0 Å². The van der Waals surface area contributed by atoms with Crippen LogP contribution in [0.25, 0.3) is 0 Å². The van der Waals surface area contributed by atoms with Gasteiger partial charge < -0.3 is 10.6 Å². The SMILES string of the molecule is CC(C)CNCc1ccc(NC2CC2)nn1. The molecule has 16 heavy (non-hydrogen) atoms. The minimum absolute atomic E-state index is 0.638. The van der Waals surface area contributed by atoms with Crippen molar-refractivity contribution in [1.29, 1.82) is 0 Å². The quantitative estimate of drug-likeness (QED) is 0.767. The number of rotatable bonds is 6. The molecule has 0 bridgehead atoms. The van der Waals surface area contributed by atoms with Crippen LogP contribution < -0.4 is 10.6 Å². The van der Waals surface area contributed by atoms with Gasteiger partial charge in [-0.05, 0) is 37.4 Å². The number of anilines is 1. The Morgan fingerprint density at radius 1 is 1.31 bits per heavy atom. The molecule has 88 valence electrons. The highest BCUT2D eigenvalue weighted by Gasteiger charge is 2.21. The summed E-state index contributed by atoms with van der Waals surface area (Å²) >= 11 is 0. The lowest BCUT2D eigenvalue weighted by atomic mass is 10.2. The van der Waals surface area contributed by atoms with Gasteiger partial charge in [0.05, 0.1) is 5.69 Å². The van der Waals surface area contributed by atoms with Crippen molar-refractivity contribution in [2.24, 2.45) is 5.92 Å². The van der Waals surface area contributed by atoms with E-state index in [4.69, 9.17) is 0 Å². The highest BCUT2D eigenvalue weighted by atomic mass is 15.2. The zero-order valence-corrected chi connectivity index (χ0v) is 10.0. The summed E-state index contributed by atoms with van der Waals surface area (Å²) in [6.45, 7) is 6.21. The van der Waals surface area contributed by atoms with E-state index in [-0.39, 0.29) is 0 Å². The Kier molecular flexibility index (Phi) is 3.72. The largest absolute Gasteiger partial charge is 0.366 e. The monoisotopic (exact) mass is 220 g/mol. The first-order chi connectivity index (χ1) is 7.74. The molecular weight excluding hydrogens is 200 g/mol. The maximum atomic E-state index is 4.18. The zero-order valence-electron chi connectivity index (χ0n) is 10.0. The van der Waals surface area contributed by atoms with E-state index in [1.165, 1.54) is 12.8 Å². The molecule has 0 saturated heterocycles. The molecule has 0 spiro atoms. The van der Waals surface area contributed by atoms with Gasteiger partial charge in [0.15, 0.2) is 0 Å². The van der Waals surface area contributed by atoms with Gasteiger partial charge in [0.25, 0.3) is 0 Å². The second-order valence-corrected chi connectivity index (χ2v) is 4.85. The Hall–Kier alpha value is -1.16. The number of nitrogens with one attached hydrogen (secondary N) is 2. The molecule has 4 heteroatoms. The second-order valence-electron chi connectivity index (χ2n) is 4.85. The molecule has 2 N–H and O–H groups in total. The summed E-state index contributed by atoms with van der Waals surface area (Å²) in [6.07, 6.45) is 2.53. The molecule has 0 aromatic carbocycles. The lowest BCUT2D eigenvalue weighted by Crippen LogP contribution is -2.20. The van der Waals surface area contributed by atoms with Gasteiger partial charge >= 0.3 is 0 Å². The van der Waals surface area contributed by atoms with Gasteiger partial charge in [0.2, 0.25) is 0 Å². The molecule has 0 amide bonds. The second kappa shape index (κ2) is 5.25. The Morgan fingerprint density at radius 3 is 2.69 bits per heavy atom. The van der Waals surface area contributed by atoms with Crippen molar-refractivity contribution < 1.29 is 0 Å². The third kappa shape index (κ3) is 3.77. The molecule has 0 unspecified atom stereocenters. The molecule has 1 aromatic heterocycles. The molecule has 1 fully saturated rings. The molecule has 0 atom stereocenters. The topological polar surface area (TPSA) is 49.8 Å². The molecule has 0 aliphatic heterocycles. The van der Waals surface area contributed by atoms with Gasteiger partial charge in [-0.3, -0.25) is 0 Å². The lowest BCUT2D eigenvalue weighted by Gasteiger charge is -2.07. The minimum Gasteiger partial charge on any atom is -0.366 e. The van der Waals surface area contributed by atoms with Crippen molar-refractivity contribution in [2.75, 3.05) is 11.9 Å². The summed E-state index contributed by atoms with van der Waals surface area (Å²) in [7, 11) is 0.